The van der Waals surface area contributed by atoms with Crippen molar-refractivity contribution in [3.63, 3.8) is 0 Å². The zero-order chi connectivity index (χ0) is 12.5. The second kappa shape index (κ2) is 4.55. The summed E-state index contributed by atoms with van der Waals surface area (Å²) in [5, 5.41) is 8.05. The Labute approximate surface area is 110 Å². The van der Waals surface area contributed by atoms with Gasteiger partial charge in [-0.15, -0.1) is 11.3 Å². The van der Waals surface area contributed by atoms with Gasteiger partial charge in [0.05, 0.1) is 5.69 Å². The summed E-state index contributed by atoms with van der Waals surface area (Å²) >= 11 is 1.76. The van der Waals surface area contributed by atoms with Crippen LogP contribution >= 0.6 is 11.3 Å². The van der Waals surface area contributed by atoms with Gasteiger partial charge in [0.25, 0.3) is 0 Å². The van der Waals surface area contributed by atoms with Gasteiger partial charge in [0, 0.05) is 34.3 Å². The average molecular weight is 257 g/mol. The van der Waals surface area contributed by atoms with Crippen molar-refractivity contribution < 1.29 is 0 Å². The van der Waals surface area contributed by atoms with Crippen molar-refractivity contribution in [1.29, 1.82) is 0 Å². The van der Waals surface area contributed by atoms with Crippen molar-refractivity contribution >= 4 is 21.4 Å². The summed E-state index contributed by atoms with van der Waals surface area (Å²) in [6, 6.07) is 8.45. The minimum Gasteiger partial charge on any atom is -0.330 e. The van der Waals surface area contributed by atoms with Gasteiger partial charge in [0.15, 0.2) is 0 Å². The van der Waals surface area contributed by atoms with Gasteiger partial charge >= 0.3 is 0 Å². The van der Waals surface area contributed by atoms with Crippen LogP contribution in [0.2, 0.25) is 0 Å². The summed E-state index contributed by atoms with van der Waals surface area (Å²) < 4.78 is 3.17. The van der Waals surface area contributed by atoms with Crippen LogP contribution in [0.5, 0.6) is 0 Å². The lowest BCUT2D eigenvalue weighted by Gasteiger charge is -1.99. The molecule has 92 valence electrons. The number of fused-ring (bicyclic) bond motifs is 1. The number of aromatic nitrogens is 2. The molecule has 2 aromatic heterocycles. The van der Waals surface area contributed by atoms with Crippen LogP contribution in [0.15, 0.2) is 35.8 Å². The van der Waals surface area contributed by atoms with E-state index in [-0.39, 0.29) is 0 Å². The van der Waals surface area contributed by atoms with Gasteiger partial charge in [-0.05, 0) is 24.6 Å². The first-order chi connectivity index (χ1) is 8.79. The van der Waals surface area contributed by atoms with Crippen molar-refractivity contribution in [3.05, 3.63) is 41.4 Å². The molecule has 18 heavy (non-hydrogen) atoms. The predicted molar refractivity (Wildman–Crippen MR) is 76.8 cm³/mol. The quantitative estimate of drug-likeness (QED) is 0.784. The molecule has 0 atom stereocenters. The first kappa shape index (κ1) is 11.4. The molecule has 0 saturated heterocycles. The largest absolute Gasteiger partial charge is 0.330 e. The standard InChI is InChI=1S/C14H15N3S/c1-17-8-10(6-7-15)14(16-17)12-9-18-13-5-3-2-4-11(12)13/h2-5,8-9H,6-7,15H2,1H3. The fourth-order valence-electron chi connectivity index (χ4n) is 2.26. The van der Waals surface area contributed by atoms with Crippen LogP contribution in [-0.2, 0) is 13.5 Å². The number of hydrogen-bond acceptors (Lipinski definition) is 3. The van der Waals surface area contributed by atoms with Crippen LogP contribution in [-0.4, -0.2) is 16.3 Å². The third kappa shape index (κ3) is 1.83. The Balaban J connectivity index is 2.19. The third-order valence-electron chi connectivity index (χ3n) is 3.05. The highest BCUT2D eigenvalue weighted by Crippen LogP contribution is 2.34. The smallest absolute Gasteiger partial charge is 0.0970 e. The molecule has 0 unspecified atom stereocenters. The Kier molecular flexibility index (Phi) is 2.89. The van der Waals surface area contributed by atoms with E-state index in [0.29, 0.717) is 6.54 Å². The molecule has 0 amide bonds. The molecule has 4 heteroatoms. The molecular formula is C14H15N3S. The fraction of sp³-hybridized carbons (Fsp3) is 0.214. The number of benzene rings is 1. The minimum atomic E-state index is 0.654. The second-order valence-electron chi connectivity index (χ2n) is 4.36. The molecule has 0 spiro atoms. The van der Waals surface area contributed by atoms with Crippen LogP contribution < -0.4 is 5.73 Å². The summed E-state index contributed by atoms with van der Waals surface area (Å²) in [5.41, 5.74) is 9.19. The lowest BCUT2D eigenvalue weighted by molar-refractivity contribution is 0.769. The van der Waals surface area contributed by atoms with Gasteiger partial charge in [0.2, 0.25) is 0 Å². The average Bonchev–Trinajstić information content (AvgIpc) is 2.93. The summed E-state index contributed by atoms with van der Waals surface area (Å²) in [5.74, 6) is 0. The van der Waals surface area contributed by atoms with Gasteiger partial charge in [0.1, 0.15) is 0 Å². The molecule has 0 bridgehead atoms. The highest BCUT2D eigenvalue weighted by molar-refractivity contribution is 7.17. The minimum absolute atomic E-state index is 0.654. The SMILES string of the molecule is Cn1cc(CCN)c(-c2csc3ccccc23)n1. The molecule has 2 N–H and O–H groups in total. The summed E-state index contributed by atoms with van der Waals surface area (Å²) in [4.78, 5) is 0. The Morgan fingerprint density at radius 3 is 3.00 bits per heavy atom. The number of aryl methyl sites for hydroxylation is 1. The molecule has 0 saturated carbocycles. The predicted octanol–water partition coefficient (Wildman–Crippen LogP) is 2.80. The van der Waals surface area contributed by atoms with E-state index in [9.17, 15) is 0 Å². The lowest BCUT2D eigenvalue weighted by Crippen LogP contribution is -2.02. The Morgan fingerprint density at radius 2 is 2.17 bits per heavy atom. The van der Waals surface area contributed by atoms with E-state index in [1.807, 2.05) is 11.7 Å². The maximum atomic E-state index is 5.67. The Bertz CT molecular complexity index is 681. The van der Waals surface area contributed by atoms with Gasteiger partial charge in [-0.3, -0.25) is 4.68 Å². The van der Waals surface area contributed by atoms with Gasteiger partial charge in [-0.2, -0.15) is 5.10 Å². The number of nitrogens with two attached hydrogens (primary N) is 1. The fourth-order valence-corrected chi connectivity index (χ4v) is 3.21. The molecule has 0 aliphatic carbocycles. The number of hydrogen-bond donors (Lipinski definition) is 1. The maximum absolute atomic E-state index is 5.67. The number of rotatable bonds is 3. The molecule has 2 heterocycles. The summed E-state index contributed by atoms with van der Waals surface area (Å²) in [7, 11) is 1.96. The molecule has 0 fully saturated rings. The van der Waals surface area contributed by atoms with E-state index in [1.165, 1.54) is 21.2 Å². The zero-order valence-electron chi connectivity index (χ0n) is 10.3. The first-order valence-corrected chi connectivity index (χ1v) is 6.87. The van der Waals surface area contributed by atoms with E-state index in [4.69, 9.17) is 5.73 Å². The van der Waals surface area contributed by atoms with Crippen molar-refractivity contribution in [2.45, 2.75) is 6.42 Å². The van der Waals surface area contributed by atoms with Crippen molar-refractivity contribution in [2.24, 2.45) is 12.8 Å². The molecule has 1 aromatic carbocycles. The first-order valence-electron chi connectivity index (χ1n) is 5.99. The molecule has 0 radical (unpaired) electrons. The van der Waals surface area contributed by atoms with E-state index in [1.54, 1.807) is 11.3 Å². The lowest BCUT2D eigenvalue weighted by atomic mass is 10.1. The van der Waals surface area contributed by atoms with Crippen molar-refractivity contribution in [2.75, 3.05) is 6.54 Å². The van der Waals surface area contributed by atoms with E-state index in [0.717, 1.165) is 12.1 Å². The van der Waals surface area contributed by atoms with Crippen LogP contribution in [0.4, 0.5) is 0 Å². The highest BCUT2D eigenvalue weighted by atomic mass is 32.1. The van der Waals surface area contributed by atoms with E-state index >= 15 is 0 Å². The Hall–Kier alpha value is -1.65. The van der Waals surface area contributed by atoms with Crippen LogP contribution in [0.3, 0.4) is 0 Å². The van der Waals surface area contributed by atoms with Gasteiger partial charge in [-0.1, -0.05) is 18.2 Å². The molecule has 0 aliphatic heterocycles. The molecule has 3 aromatic rings. The number of thiophene rings is 1. The topological polar surface area (TPSA) is 43.8 Å². The van der Waals surface area contributed by atoms with Crippen molar-refractivity contribution in [3.8, 4) is 11.3 Å². The Morgan fingerprint density at radius 1 is 1.33 bits per heavy atom. The second-order valence-corrected chi connectivity index (χ2v) is 5.27. The zero-order valence-corrected chi connectivity index (χ0v) is 11.1. The monoisotopic (exact) mass is 257 g/mol. The van der Waals surface area contributed by atoms with Gasteiger partial charge < -0.3 is 5.73 Å². The highest BCUT2D eigenvalue weighted by Gasteiger charge is 2.13. The molecule has 0 aliphatic rings. The van der Waals surface area contributed by atoms with E-state index in [2.05, 4.69) is 40.9 Å². The number of nitrogens with zero attached hydrogens (tertiary/aromatic N) is 2. The molecular weight excluding hydrogens is 242 g/mol. The molecule has 3 nitrogen and oxygen atoms in total. The van der Waals surface area contributed by atoms with Crippen LogP contribution in [0, 0.1) is 0 Å². The maximum Gasteiger partial charge on any atom is 0.0970 e. The van der Waals surface area contributed by atoms with Crippen LogP contribution in [0.25, 0.3) is 21.3 Å². The van der Waals surface area contributed by atoms with Crippen molar-refractivity contribution in [1.82, 2.24) is 9.78 Å². The molecule has 3 rings (SSSR count). The van der Waals surface area contributed by atoms with E-state index < -0.39 is 0 Å². The normalized spacial score (nSPS) is 11.2. The summed E-state index contributed by atoms with van der Waals surface area (Å²) in [6.45, 7) is 0.654. The van der Waals surface area contributed by atoms with Gasteiger partial charge in [-0.25, -0.2) is 0 Å². The third-order valence-corrected chi connectivity index (χ3v) is 4.02. The summed E-state index contributed by atoms with van der Waals surface area (Å²) in [6.07, 6.45) is 2.93. The van der Waals surface area contributed by atoms with Crippen LogP contribution in [0.1, 0.15) is 5.56 Å².